The number of ether oxygens (including phenoxy) is 4. The molecule has 2 heterocycles. The van der Waals surface area contributed by atoms with E-state index in [0.29, 0.717) is 18.6 Å². The number of allylic oxidation sites excluding steroid dienone is 1. The lowest BCUT2D eigenvalue weighted by molar-refractivity contribution is -0.143. The summed E-state index contributed by atoms with van der Waals surface area (Å²) in [4.78, 5) is 34.0. The zero-order valence-electron chi connectivity index (χ0n) is 29.0. The van der Waals surface area contributed by atoms with E-state index in [1.54, 1.807) is 12.9 Å². The molecule has 2 aromatic carbocycles. The van der Waals surface area contributed by atoms with Crippen molar-refractivity contribution in [2.45, 2.75) is 69.6 Å². The van der Waals surface area contributed by atoms with Gasteiger partial charge in [0.25, 0.3) is 0 Å². The predicted molar refractivity (Wildman–Crippen MR) is 174 cm³/mol. The third-order valence-electron chi connectivity index (χ3n) is 8.36. The van der Waals surface area contributed by atoms with E-state index >= 15 is 0 Å². The summed E-state index contributed by atoms with van der Waals surface area (Å²) >= 11 is 0. The Kier molecular flexibility index (Phi) is 13.5. The fourth-order valence-corrected chi connectivity index (χ4v) is 5.75. The molecule has 0 radical (unpaired) electrons. The molecule has 19 heteroatoms. The predicted octanol–water partition coefficient (Wildman–Crippen LogP) is 8.57. The normalized spacial score (nSPS) is 16.0. The first-order valence-corrected chi connectivity index (χ1v) is 16.4. The minimum absolute atomic E-state index is 0.00627. The van der Waals surface area contributed by atoms with Gasteiger partial charge in [0.2, 0.25) is 5.95 Å². The Morgan fingerprint density at radius 1 is 0.926 bits per heavy atom. The maximum absolute atomic E-state index is 13.9. The van der Waals surface area contributed by atoms with Crippen molar-refractivity contribution in [2.75, 3.05) is 44.3 Å². The highest BCUT2D eigenvalue weighted by atomic mass is 19.4. The van der Waals surface area contributed by atoms with Gasteiger partial charge in [-0.15, -0.1) is 0 Å². The molecule has 1 amide bonds. The van der Waals surface area contributed by atoms with Crippen LogP contribution in [0.2, 0.25) is 0 Å². The van der Waals surface area contributed by atoms with Crippen LogP contribution in [0.15, 0.2) is 48.4 Å². The molecule has 0 spiro atoms. The summed E-state index contributed by atoms with van der Waals surface area (Å²) in [7, 11) is 2.65. The molecule has 54 heavy (non-hydrogen) atoms. The van der Waals surface area contributed by atoms with Crippen LogP contribution >= 0.6 is 0 Å². The Hall–Kier alpha value is -5.03. The summed E-state index contributed by atoms with van der Waals surface area (Å²) in [5.74, 6) is 1.30. The molecular formula is C35H35F9N4O6. The van der Waals surface area contributed by atoms with E-state index in [2.05, 4.69) is 15.3 Å². The molecule has 2 atom stereocenters. The topological polar surface area (TPSA) is 112 Å². The van der Waals surface area contributed by atoms with Gasteiger partial charge in [-0.3, -0.25) is 4.90 Å². The number of carbonyl (C=O) groups excluding carboxylic acids is 2. The maximum Gasteiger partial charge on any atom is 0.416 e. The van der Waals surface area contributed by atoms with Crippen LogP contribution in [0.3, 0.4) is 0 Å². The third-order valence-corrected chi connectivity index (χ3v) is 8.36. The Balaban J connectivity index is 1.72. The van der Waals surface area contributed by atoms with Crippen LogP contribution in [-0.4, -0.2) is 62.1 Å². The highest BCUT2D eigenvalue weighted by Crippen LogP contribution is 2.43. The number of carbonyl (C=O) groups is 1. The summed E-state index contributed by atoms with van der Waals surface area (Å²) in [6.07, 6.45) is -14.7. The standard InChI is InChI=1S/C35H35F9N4O6/c1-4-24-17-27(26-16-21(33(36,37)38)7-8-29(26)48(24)32(50)54-9-5-6-25(19-49)52-3)46-31-45-18-30(53-11-10-51-2)28(47-31)14-20-12-22(34(39,40)41)15-23(13-20)35(42,43)44/h7-8,12-13,15-16,18,24,27H,4-6,9-11,14,17H2,1-3H3,(H,45,46,47)/t24-,27+/m1/s1. The van der Waals surface area contributed by atoms with Crippen LogP contribution in [0.4, 0.5) is 55.9 Å². The molecule has 0 fully saturated rings. The molecule has 1 aliphatic rings. The lowest BCUT2D eigenvalue weighted by Crippen LogP contribution is -2.46. The number of nitrogens with zero attached hydrogens (tertiary/aromatic N) is 3. The van der Waals surface area contributed by atoms with E-state index in [1.165, 1.54) is 19.1 Å². The third kappa shape index (κ3) is 10.6. The van der Waals surface area contributed by atoms with Gasteiger partial charge in [0.15, 0.2) is 17.5 Å². The van der Waals surface area contributed by atoms with E-state index in [4.69, 9.17) is 18.9 Å². The second-order valence-electron chi connectivity index (χ2n) is 12.0. The van der Waals surface area contributed by atoms with E-state index in [-0.39, 0.29) is 79.6 Å². The molecule has 0 saturated carbocycles. The molecule has 1 aliphatic heterocycles. The average Bonchev–Trinajstić information content (AvgIpc) is 3.11. The molecule has 10 nitrogen and oxygen atoms in total. The molecule has 0 bridgehead atoms. The molecule has 294 valence electrons. The number of methoxy groups -OCH3 is 2. The van der Waals surface area contributed by atoms with Gasteiger partial charge >= 0.3 is 24.6 Å². The largest absolute Gasteiger partial charge is 0.490 e. The van der Waals surface area contributed by atoms with E-state index in [1.807, 2.05) is 0 Å². The van der Waals surface area contributed by atoms with Gasteiger partial charge in [0.05, 0.1) is 60.6 Å². The summed E-state index contributed by atoms with van der Waals surface area (Å²) in [6.45, 7) is 1.56. The summed E-state index contributed by atoms with van der Waals surface area (Å²) in [5, 5.41) is 2.95. The highest BCUT2D eigenvalue weighted by molar-refractivity contribution is 5.90. The van der Waals surface area contributed by atoms with Gasteiger partial charge in [-0.25, -0.2) is 19.6 Å². The van der Waals surface area contributed by atoms with Crippen LogP contribution in [0.25, 0.3) is 0 Å². The molecule has 0 saturated heterocycles. The number of aromatic nitrogens is 2. The van der Waals surface area contributed by atoms with Crippen molar-refractivity contribution in [1.82, 2.24) is 9.97 Å². The Morgan fingerprint density at radius 3 is 2.17 bits per heavy atom. The smallest absolute Gasteiger partial charge is 0.416 e. The van der Waals surface area contributed by atoms with Gasteiger partial charge in [-0.2, -0.15) is 39.5 Å². The highest BCUT2D eigenvalue weighted by Gasteiger charge is 2.40. The van der Waals surface area contributed by atoms with Crippen molar-refractivity contribution in [3.8, 4) is 5.75 Å². The van der Waals surface area contributed by atoms with Crippen molar-refractivity contribution in [1.29, 1.82) is 0 Å². The van der Waals surface area contributed by atoms with Crippen molar-refractivity contribution in [2.24, 2.45) is 0 Å². The van der Waals surface area contributed by atoms with Crippen LogP contribution < -0.4 is 15.0 Å². The van der Waals surface area contributed by atoms with Crippen LogP contribution in [-0.2, 0) is 44.0 Å². The van der Waals surface area contributed by atoms with Gasteiger partial charge < -0.3 is 24.3 Å². The number of hydrogen-bond acceptors (Lipinski definition) is 9. The lowest BCUT2D eigenvalue weighted by atomic mass is 9.89. The molecule has 1 aromatic heterocycles. The summed E-state index contributed by atoms with van der Waals surface area (Å²) < 4.78 is 144. The quantitative estimate of drug-likeness (QED) is 0.0745. The monoisotopic (exact) mass is 778 g/mol. The number of nitrogens with one attached hydrogen (secondary N) is 1. The molecule has 0 unspecified atom stereocenters. The number of alkyl halides is 9. The van der Waals surface area contributed by atoms with Crippen molar-refractivity contribution < 1.29 is 68.1 Å². The fraction of sp³-hybridized carbons (Fsp3) is 0.457. The molecule has 0 aliphatic carbocycles. The van der Waals surface area contributed by atoms with E-state index in [9.17, 15) is 49.1 Å². The zero-order valence-corrected chi connectivity index (χ0v) is 29.0. The van der Waals surface area contributed by atoms with Crippen LogP contribution in [0, 0.1) is 0 Å². The summed E-state index contributed by atoms with van der Waals surface area (Å²) in [5.41, 5.74) is -4.55. The van der Waals surface area contributed by atoms with Crippen molar-refractivity contribution in [3.63, 3.8) is 0 Å². The molecule has 1 N–H and O–H groups in total. The first-order chi connectivity index (χ1) is 25.4. The molecular weight excluding hydrogens is 743 g/mol. The van der Waals surface area contributed by atoms with Gasteiger partial charge in [0.1, 0.15) is 6.61 Å². The van der Waals surface area contributed by atoms with Gasteiger partial charge in [-0.05, 0) is 66.8 Å². The lowest BCUT2D eigenvalue weighted by Gasteiger charge is -2.40. The SMILES string of the molecule is CC[C@@H]1C[C@H](Nc2ncc(OCCOC)c(Cc3cc(C(F)(F)F)cc(C(F)(F)F)c3)n2)c2cc(C(F)(F)F)ccc2N1C(=O)OCCCC(=C=O)OC. The minimum Gasteiger partial charge on any atom is -0.490 e. The average molecular weight is 779 g/mol. The van der Waals surface area contributed by atoms with Crippen LogP contribution in [0.1, 0.15) is 72.2 Å². The Morgan fingerprint density at radius 2 is 1.59 bits per heavy atom. The zero-order chi connectivity index (χ0) is 39.8. The van der Waals surface area contributed by atoms with E-state index < -0.39 is 65.4 Å². The van der Waals surface area contributed by atoms with Crippen molar-refractivity contribution >= 4 is 23.7 Å². The number of hydrogen-bond donors (Lipinski definition) is 1. The Labute approximate surface area is 303 Å². The van der Waals surface area contributed by atoms with Gasteiger partial charge in [-0.1, -0.05) is 6.92 Å². The molecule has 4 rings (SSSR count). The summed E-state index contributed by atoms with van der Waals surface area (Å²) in [6, 6.07) is 2.26. The number of anilines is 2. The first kappa shape index (κ1) is 41.7. The molecule has 3 aromatic rings. The minimum atomic E-state index is -5.10. The number of rotatable bonds is 14. The number of fused-ring (bicyclic) bond motifs is 1. The van der Waals surface area contributed by atoms with Crippen LogP contribution in [0.5, 0.6) is 5.75 Å². The van der Waals surface area contributed by atoms with Crippen molar-refractivity contribution in [3.05, 3.63) is 81.9 Å². The number of benzene rings is 2. The Bertz CT molecular complexity index is 1800. The maximum atomic E-state index is 13.9. The van der Waals surface area contributed by atoms with Gasteiger partial charge in [0, 0.05) is 26.0 Å². The second-order valence-corrected chi connectivity index (χ2v) is 12.0. The number of amides is 1. The fourth-order valence-electron chi connectivity index (χ4n) is 5.75. The first-order valence-electron chi connectivity index (χ1n) is 16.4. The van der Waals surface area contributed by atoms with E-state index in [0.717, 1.165) is 24.4 Å². The number of halogens is 9. The second kappa shape index (κ2) is 17.4.